The predicted molar refractivity (Wildman–Crippen MR) is 55.1 cm³/mol. The molecule has 0 bridgehead atoms. The summed E-state index contributed by atoms with van der Waals surface area (Å²) in [7, 11) is 0. The van der Waals surface area contributed by atoms with Gasteiger partial charge in [0, 0.05) is 5.88 Å². The van der Waals surface area contributed by atoms with Gasteiger partial charge in [0.15, 0.2) is 0 Å². The van der Waals surface area contributed by atoms with Gasteiger partial charge in [-0.15, -0.1) is 11.6 Å². The van der Waals surface area contributed by atoms with Crippen LogP contribution in [0.1, 0.15) is 24.2 Å². The van der Waals surface area contributed by atoms with Crippen molar-refractivity contribution in [2.75, 3.05) is 0 Å². The van der Waals surface area contributed by atoms with E-state index in [4.69, 9.17) is 22.1 Å². The maximum atomic E-state index is 10.5. The van der Waals surface area contributed by atoms with Gasteiger partial charge < -0.3 is 10.5 Å². The summed E-state index contributed by atoms with van der Waals surface area (Å²) in [5, 5.41) is 0. The number of rotatable bonds is 3. The quantitative estimate of drug-likeness (QED) is 0.785. The molecule has 0 fully saturated rings. The molecule has 0 radical (unpaired) electrons. The van der Waals surface area contributed by atoms with Crippen LogP contribution in [0.3, 0.4) is 0 Å². The van der Waals surface area contributed by atoms with Crippen molar-refractivity contribution in [3.05, 3.63) is 35.4 Å². The zero-order valence-corrected chi connectivity index (χ0v) is 8.62. The summed E-state index contributed by atoms with van der Waals surface area (Å²) in [6, 6.07) is 7.52. The second-order valence-corrected chi connectivity index (χ2v) is 3.22. The van der Waals surface area contributed by atoms with E-state index in [2.05, 4.69) is 0 Å². The number of hydrogen-bond donors (Lipinski definition) is 1. The third-order valence-electron chi connectivity index (χ3n) is 1.90. The lowest BCUT2D eigenvalue weighted by molar-refractivity contribution is 0.116. The summed E-state index contributed by atoms with van der Waals surface area (Å²) in [5.74, 6) is 0.478. The molecule has 4 heteroatoms. The van der Waals surface area contributed by atoms with E-state index >= 15 is 0 Å². The van der Waals surface area contributed by atoms with E-state index < -0.39 is 6.09 Å². The number of alkyl halides is 1. The number of nitrogens with two attached hydrogens (primary N) is 1. The molecule has 1 unspecified atom stereocenters. The van der Waals surface area contributed by atoms with Crippen LogP contribution in [0.15, 0.2) is 24.3 Å². The summed E-state index contributed by atoms with van der Waals surface area (Å²) in [4.78, 5) is 10.5. The zero-order chi connectivity index (χ0) is 10.6. The van der Waals surface area contributed by atoms with Crippen molar-refractivity contribution < 1.29 is 9.53 Å². The van der Waals surface area contributed by atoms with E-state index in [1.807, 2.05) is 24.3 Å². The molecular formula is C10H12ClNO2. The highest BCUT2D eigenvalue weighted by Gasteiger charge is 2.08. The Bertz CT molecular complexity index is 310. The summed E-state index contributed by atoms with van der Waals surface area (Å²) in [6.45, 7) is 1.76. The number of carbonyl (C=O) groups is 1. The average molecular weight is 214 g/mol. The van der Waals surface area contributed by atoms with Gasteiger partial charge in [-0.25, -0.2) is 4.79 Å². The van der Waals surface area contributed by atoms with E-state index in [-0.39, 0.29) is 6.10 Å². The van der Waals surface area contributed by atoms with Gasteiger partial charge in [-0.3, -0.25) is 0 Å². The molecule has 0 aliphatic rings. The first kappa shape index (κ1) is 10.9. The van der Waals surface area contributed by atoms with Crippen molar-refractivity contribution in [3.8, 4) is 0 Å². The first-order valence-corrected chi connectivity index (χ1v) is 4.78. The molecule has 3 nitrogen and oxygen atoms in total. The molecule has 0 aromatic heterocycles. The smallest absolute Gasteiger partial charge is 0.405 e. The average Bonchev–Trinajstić information content (AvgIpc) is 2.17. The van der Waals surface area contributed by atoms with Gasteiger partial charge >= 0.3 is 6.09 Å². The standard InChI is InChI=1S/C10H12ClNO2/c1-7(14-10(12)13)9-4-2-8(6-11)3-5-9/h2-5,7H,6H2,1H3,(H2,12,13). The van der Waals surface area contributed by atoms with Crippen molar-refractivity contribution >= 4 is 17.7 Å². The van der Waals surface area contributed by atoms with Crippen LogP contribution in [0.2, 0.25) is 0 Å². The van der Waals surface area contributed by atoms with Crippen molar-refractivity contribution in [1.29, 1.82) is 0 Å². The molecular weight excluding hydrogens is 202 g/mol. The lowest BCUT2D eigenvalue weighted by atomic mass is 10.1. The van der Waals surface area contributed by atoms with Crippen LogP contribution in [0.5, 0.6) is 0 Å². The molecule has 1 atom stereocenters. The highest BCUT2D eigenvalue weighted by atomic mass is 35.5. The van der Waals surface area contributed by atoms with E-state index in [0.29, 0.717) is 5.88 Å². The highest BCUT2D eigenvalue weighted by Crippen LogP contribution is 2.17. The van der Waals surface area contributed by atoms with Gasteiger partial charge in [0.2, 0.25) is 0 Å². The topological polar surface area (TPSA) is 52.3 Å². The Kier molecular flexibility index (Phi) is 3.77. The maximum Gasteiger partial charge on any atom is 0.405 e. The fourth-order valence-electron chi connectivity index (χ4n) is 1.12. The Morgan fingerprint density at radius 2 is 2.07 bits per heavy atom. The van der Waals surface area contributed by atoms with Crippen LogP contribution < -0.4 is 5.73 Å². The Morgan fingerprint density at radius 3 is 2.50 bits per heavy atom. The largest absolute Gasteiger partial charge is 0.442 e. The molecule has 1 rings (SSSR count). The molecule has 1 amide bonds. The number of hydrogen-bond acceptors (Lipinski definition) is 2. The van der Waals surface area contributed by atoms with Gasteiger partial charge in [0.1, 0.15) is 6.10 Å². The molecule has 76 valence electrons. The normalized spacial score (nSPS) is 12.1. The molecule has 0 saturated carbocycles. The summed E-state index contributed by atoms with van der Waals surface area (Å²) in [5.41, 5.74) is 6.83. The molecule has 0 spiro atoms. The van der Waals surface area contributed by atoms with Gasteiger partial charge in [0.25, 0.3) is 0 Å². The fourth-order valence-corrected chi connectivity index (χ4v) is 1.30. The Hall–Kier alpha value is -1.22. The summed E-state index contributed by atoms with van der Waals surface area (Å²) < 4.78 is 4.82. The molecule has 1 aromatic carbocycles. The van der Waals surface area contributed by atoms with E-state index in [1.165, 1.54) is 0 Å². The van der Waals surface area contributed by atoms with Crippen LogP contribution in [-0.2, 0) is 10.6 Å². The zero-order valence-electron chi connectivity index (χ0n) is 7.87. The number of benzene rings is 1. The van der Waals surface area contributed by atoms with Crippen LogP contribution in [0.4, 0.5) is 4.79 Å². The monoisotopic (exact) mass is 213 g/mol. The number of amides is 1. The Labute approximate surface area is 87.8 Å². The van der Waals surface area contributed by atoms with Gasteiger partial charge in [-0.2, -0.15) is 0 Å². The molecule has 2 N–H and O–H groups in total. The highest BCUT2D eigenvalue weighted by molar-refractivity contribution is 6.17. The number of halogens is 1. The van der Waals surface area contributed by atoms with Crippen LogP contribution in [0.25, 0.3) is 0 Å². The summed E-state index contributed by atoms with van der Waals surface area (Å²) >= 11 is 5.64. The lowest BCUT2D eigenvalue weighted by Crippen LogP contribution is -2.15. The molecule has 0 aliphatic carbocycles. The SMILES string of the molecule is CC(OC(N)=O)c1ccc(CCl)cc1. The molecule has 1 aromatic rings. The predicted octanol–water partition coefficient (Wildman–Crippen LogP) is 2.58. The van der Waals surface area contributed by atoms with Gasteiger partial charge in [0.05, 0.1) is 0 Å². The van der Waals surface area contributed by atoms with Crippen molar-refractivity contribution in [2.24, 2.45) is 5.73 Å². The molecule has 14 heavy (non-hydrogen) atoms. The molecule has 0 heterocycles. The first-order chi connectivity index (χ1) is 6.63. The van der Waals surface area contributed by atoms with Crippen LogP contribution in [-0.4, -0.2) is 6.09 Å². The Morgan fingerprint density at radius 1 is 1.50 bits per heavy atom. The van der Waals surface area contributed by atoms with E-state index in [1.54, 1.807) is 6.92 Å². The third-order valence-corrected chi connectivity index (χ3v) is 2.20. The second kappa shape index (κ2) is 4.86. The molecule has 0 aliphatic heterocycles. The van der Waals surface area contributed by atoms with E-state index in [0.717, 1.165) is 11.1 Å². The first-order valence-electron chi connectivity index (χ1n) is 4.24. The maximum absolute atomic E-state index is 10.5. The second-order valence-electron chi connectivity index (χ2n) is 2.95. The van der Waals surface area contributed by atoms with Crippen molar-refractivity contribution in [2.45, 2.75) is 18.9 Å². The fraction of sp³-hybridized carbons (Fsp3) is 0.300. The minimum absolute atomic E-state index is 0.322. The van der Waals surface area contributed by atoms with Gasteiger partial charge in [-0.1, -0.05) is 24.3 Å². The summed E-state index contributed by atoms with van der Waals surface area (Å²) in [6.07, 6.45) is -1.09. The molecule has 0 saturated heterocycles. The number of primary amides is 1. The van der Waals surface area contributed by atoms with Crippen molar-refractivity contribution in [1.82, 2.24) is 0 Å². The lowest BCUT2D eigenvalue weighted by Gasteiger charge is -2.11. The van der Waals surface area contributed by atoms with Crippen LogP contribution >= 0.6 is 11.6 Å². The van der Waals surface area contributed by atoms with Crippen LogP contribution in [0, 0.1) is 0 Å². The van der Waals surface area contributed by atoms with E-state index in [9.17, 15) is 4.79 Å². The number of ether oxygens (including phenoxy) is 1. The number of carbonyl (C=O) groups excluding carboxylic acids is 1. The van der Waals surface area contributed by atoms with Crippen molar-refractivity contribution in [3.63, 3.8) is 0 Å². The third kappa shape index (κ3) is 2.92. The minimum Gasteiger partial charge on any atom is -0.442 e. The van der Waals surface area contributed by atoms with Gasteiger partial charge in [-0.05, 0) is 18.1 Å². The Balaban J connectivity index is 2.71. The minimum atomic E-state index is -0.765.